The van der Waals surface area contributed by atoms with E-state index in [9.17, 15) is 4.79 Å². The van der Waals surface area contributed by atoms with E-state index in [1.165, 1.54) is 6.07 Å². The van der Waals surface area contributed by atoms with E-state index < -0.39 is 5.97 Å². The lowest BCUT2D eigenvalue weighted by Crippen LogP contribution is -2.21. The Kier molecular flexibility index (Phi) is 3.74. The van der Waals surface area contributed by atoms with E-state index in [4.69, 9.17) is 21.0 Å². The average Bonchev–Trinajstić information content (AvgIpc) is 2.88. The maximum absolute atomic E-state index is 10.8. The van der Waals surface area contributed by atoms with Gasteiger partial charge in [0.2, 0.25) is 5.76 Å². The fourth-order valence-corrected chi connectivity index (χ4v) is 1.85. The minimum absolute atomic E-state index is 0.00272. The van der Waals surface area contributed by atoms with Crippen molar-refractivity contribution in [2.45, 2.75) is 12.8 Å². The molecule has 0 saturated carbocycles. The zero-order valence-corrected chi connectivity index (χ0v) is 10.9. The number of hydrogen-bond acceptors (Lipinski definition) is 3. The van der Waals surface area contributed by atoms with Crippen LogP contribution in [0.4, 0.5) is 5.69 Å². The first kappa shape index (κ1) is 13.7. The molecule has 0 radical (unpaired) electrons. The third-order valence-electron chi connectivity index (χ3n) is 2.92. The summed E-state index contributed by atoms with van der Waals surface area (Å²) in [4.78, 5) is 14.7. The number of nitrogens with two attached hydrogens (primary N) is 2. The van der Waals surface area contributed by atoms with Crippen molar-refractivity contribution in [3.05, 3.63) is 53.5 Å². The number of carboxylic acid groups (broad SMARTS) is 1. The Labute approximate surface area is 115 Å². The molecule has 1 aromatic heterocycles. The molecule has 1 atom stereocenters. The van der Waals surface area contributed by atoms with Crippen molar-refractivity contribution < 1.29 is 14.3 Å². The van der Waals surface area contributed by atoms with E-state index in [0.717, 1.165) is 5.56 Å². The van der Waals surface area contributed by atoms with E-state index in [1.807, 2.05) is 19.1 Å². The Morgan fingerprint density at radius 2 is 1.85 bits per heavy atom. The van der Waals surface area contributed by atoms with Crippen molar-refractivity contribution in [1.82, 2.24) is 0 Å². The third-order valence-corrected chi connectivity index (χ3v) is 2.92. The second-order valence-corrected chi connectivity index (χ2v) is 4.36. The van der Waals surface area contributed by atoms with Gasteiger partial charge in [-0.1, -0.05) is 19.1 Å². The Morgan fingerprint density at radius 1 is 1.20 bits per heavy atom. The highest BCUT2D eigenvalue weighted by Crippen LogP contribution is 2.27. The van der Waals surface area contributed by atoms with Gasteiger partial charge in [0.1, 0.15) is 5.76 Å². The number of hydrogen-bond donors (Lipinski definition) is 3. The molecule has 1 unspecified atom stereocenters. The van der Waals surface area contributed by atoms with Crippen molar-refractivity contribution in [2.75, 3.05) is 0 Å². The van der Waals surface area contributed by atoms with Crippen molar-refractivity contribution in [3.8, 4) is 0 Å². The molecule has 104 valence electrons. The quantitative estimate of drug-likeness (QED) is 0.582. The molecule has 6 nitrogen and oxygen atoms in total. The zero-order chi connectivity index (χ0) is 14.7. The van der Waals surface area contributed by atoms with Crippen molar-refractivity contribution in [3.63, 3.8) is 0 Å². The summed E-state index contributed by atoms with van der Waals surface area (Å²) in [5.74, 6) is -0.605. The van der Waals surface area contributed by atoms with Gasteiger partial charge in [0.15, 0.2) is 5.96 Å². The topological polar surface area (TPSA) is 115 Å². The summed E-state index contributed by atoms with van der Waals surface area (Å²) in [6.45, 7) is 1.93. The van der Waals surface area contributed by atoms with Crippen LogP contribution in [0.1, 0.15) is 34.7 Å². The molecule has 6 heteroatoms. The smallest absolute Gasteiger partial charge is 0.371 e. The summed E-state index contributed by atoms with van der Waals surface area (Å²) < 4.78 is 5.29. The molecular weight excluding hydrogens is 258 g/mol. The van der Waals surface area contributed by atoms with Crippen LogP contribution in [0.25, 0.3) is 0 Å². The van der Waals surface area contributed by atoms with Gasteiger partial charge in [0.05, 0.1) is 5.69 Å². The Balaban J connectivity index is 2.22. The molecule has 0 aliphatic rings. The largest absolute Gasteiger partial charge is 0.475 e. The standard InChI is InChI=1S/C14H15N3O3/c1-8(11-6-7-12(20-11)13(18)19)9-2-4-10(5-3-9)17-14(15)16/h2-8H,1H3,(H,18,19)(H4,15,16,17). The second kappa shape index (κ2) is 5.48. The monoisotopic (exact) mass is 273 g/mol. The number of carboxylic acids is 1. The average molecular weight is 273 g/mol. The summed E-state index contributed by atoms with van der Waals surface area (Å²) in [6, 6.07) is 10.4. The summed E-state index contributed by atoms with van der Waals surface area (Å²) in [7, 11) is 0. The van der Waals surface area contributed by atoms with Crippen LogP contribution < -0.4 is 11.5 Å². The van der Waals surface area contributed by atoms with Gasteiger partial charge in [-0.2, -0.15) is 0 Å². The number of furan rings is 1. The highest BCUT2D eigenvalue weighted by atomic mass is 16.4. The lowest BCUT2D eigenvalue weighted by atomic mass is 9.98. The highest BCUT2D eigenvalue weighted by Gasteiger charge is 2.15. The van der Waals surface area contributed by atoms with Gasteiger partial charge >= 0.3 is 5.97 Å². The first-order valence-electron chi connectivity index (χ1n) is 6.00. The maximum atomic E-state index is 10.8. The molecule has 0 aliphatic carbocycles. The molecule has 2 rings (SSSR count). The molecule has 0 spiro atoms. The Bertz CT molecular complexity index is 640. The van der Waals surface area contributed by atoms with E-state index in [1.54, 1.807) is 18.2 Å². The van der Waals surface area contributed by atoms with Crippen LogP contribution in [0.5, 0.6) is 0 Å². The predicted molar refractivity (Wildman–Crippen MR) is 75.1 cm³/mol. The van der Waals surface area contributed by atoms with Gasteiger partial charge in [-0.3, -0.25) is 0 Å². The molecule has 1 heterocycles. The second-order valence-electron chi connectivity index (χ2n) is 4.36. The number of benzene rings is 1. The van der Waals surface area contributed by atoms with Crippen LogP contribution in [0.15, 0.2) is 45.8 Å². The van der Waals surface area contributed by atoms with E-state index in [-0.39, 0.29) is 17.6 Å². The molecule has 0 bridgehead atoms. The Morgan fingerprint density at radius 3 is 2.35 bits per heavy atom. The SMILES string of the molecule is CC(c1ccc(N=C(N)N)cc1)c1ccc(C(=O)O)o1. The summed E-state index contributed by atoms with van der Waals surface area (Å²) in [5, 5.41) is 8.84. The van der Waals surface area contributed by atoms with Crippen LogP contribution in [0.2, 0.25) is 0 Å². The van der Waals surface area contributed by atoms with Crippen LogP contribution in [-0.4, -0.2) is 17.0 Å². The number of aliphatic imine (C=N–C) groups is 1. The maximum Gasteiger partial charge on any atom is 0.371 e. The number of carbonyl (C=O) groups is 1. The van der Waals surface area contributed by atoms with Gasteiger partial charge in [-0.15, -0.1) is 0 Å². The molecule has 0 saturated heterocycles. The zero-order valence-electron chi connectivity index (χ0n) is 10.9. The number of rotatable bonds is 4. The van der Waals surface area contributed by atoms with E-state index in [0.29, 0.717) is 11.4 Å². The molecule has 1 aromatic carbocycles. The molecule has 0 aliphatic heterocycles. The van der Waals surface area contributed by atoms with Crippen molar-refractivity contribution >= 4 is 17.6 Å². The van der Waals surface area contributed by atoms with Crippen molar-refractivity contribution in [1.29, 1.82) is 0 Å². The predicted octanol–water partition coefficient (Wildman–Crippen LogP) is 2.03. The minimum Gasteiger partial charge on any atom is -0.475 e. The summed E-state index contributed by atoms with van der Waals surface area (Å²) >= 11 is 0. The summed E-state index contributed by atoms with van der Waals surface area (Å²) in [5.41, 5.74) is 12.2. The number of nitrogens with zero attached hydrogens (tertiary/aromatic N) is 1. The molecular formula is C14H15N3O3. The molecule has 2 aromatic rings. The fraction of sp³-hybridized carbons (Fsp3) is 0.143. The third kappa shape index (κ3) is 2.97. The first-order chi connectivity index (χ1) is 9.47. The van der Waals surface area contributed by atoms with Gasteiger partial charge in [-0.05, 0) is 29.8 Å². The van der Waals surface area contributed by atoms with Crippen molar-refractivity contribution in [2.24, 2.45) is 16.5 Å². The molecule has 5 N–H and O–H groups in total. The highest BCUT2D eigenvalue weighted by molar-refractivity contribution is 5.84. The lowest BCUT2D eigenvalue weighted by molar-refractivity contribution is 0.0660. The molecule has 0 amide bonds. The van der Waals surface area contributed by atoms with Gasteiger partial charge in [-0.25, -0.2) is 9.79 Å². The summed E-state index contributed by atoms with van der Waals surface area (Å²) in [6.07, 6.45) is 0. The normalized spacial score (nSPS) is 11.8. The van der Waals surface area contributed by atoms with Crippen LogP contribution in [-0.2, 0) is 0 Å². The Hall–Kier alpha value is -2.76. The van der Waals surface area contributed by atoms with Crippen LogP contribution >= 0.6 is 0 Å². The lowest BCUT2D eigenvalue weighted by Gasteiger charge is -2.09. The first-order valence-corrected chi connectivity index (χ1v) is 6.00. The number of guanidine groups is 1. The van der Waals surface area contributed by atoms with Gasteiger partial charge < -0.3 is 21.0 Å². The van der Waals surface area contributed by atoms with E-state index >= 15 is 0 Å². The minimum atomic E-state index is -1.08. The van der Waals surface area contributed by atoms with Gasteiger partial charge in [0, 0.05) is 5.92 Å². The molecule has 0 fully saturated rings. The van der Waals surface area contributed by atoms with Crippen LogP contribution in [0, 0.1) is 0 Å². The van der Waals surface area contributed by atoms with Crippen LogP contribution in [0.3, 0.4) is 0 Å². The number of aromatic carboxylic acids is 1. The van der Waals surface area contributed by atoms with E-state index in [2.05, 4.69) is 4.99 Å². The fourth-order valence-electron chi connectivity index (χ4n) is 1.85. The molecule has 20 heavy (non-hydrogen) atoms. The van der Waals surface area contributed by atoms with Gasteiger partial charge in [0.25, 0.3) is 0 Å².